The second-order valence-electron chi connectivity index (χ2n) is 6.84. The van der Waals surface area contributed by atoms with Crippen LogP contribution in [-0.4, -0.2) is 67.3 Å². The van der Waals surface area contributed by atoms with Crippen LogP contribution in [0.4, 0.5) is 4.79 Å². The number of hydrogen-bond acceptors (Lipinski definition) is 4. The van der Waals surface area contributed by atoms with Crippen LogP contribution < -0.4 is 10.6 Å². The van der Waals surface area contributed by atoms with Gasteiger partial charge in [0, 0.05) is 37.7 Å². The first-order valence-corrected chi connectivity index (χ1v) is 10.1. The van der Waals surface area contributed by atoms with Gasteiger partial charge in [-0.15, -0.1) is 0 Å². The summed E-state index contributed by atoms with van der Waals surface area (Å²) in [5, 5.41) is 7.10. The van der Waals surface area contributed by atoms with Crippen molar-refractivity contribution in [1.29, 1.82) is 0 Å². The second-order valence-corrected chi connectivity index (χ2v) is 8.18. The van der Waals surface area contributed by atoms with E-state index in [1.807, 2.05) is 14.0 Å². The van der Waals surface area contributed by atoms with Crippen molar-refractivity contribution in [1.82, 2.24) is 15.5 Å². The third-order valence-corrected chi connectivity index (χ3v) is 6.14. The zero-order valence-electron chi connectivity index (χ0n) is 15.4. The number of aliphatic imine (C=N–C) groups is 1. The molecular formula is C17H32N4O2S. The predicted molar refractivity (Wildman–Crippen MR) is 101 cm³/mol. The summed E-state index contributed by atoms with van der Waals surface area (Å²) in [5.41, 5.74) is 0. The van der Waals surface area contributed by atoms with Gasteiger partial charge in [0.2, 0.25) is 0 Å². The molecule has 0 aromatic heterocycles. The number of rotatable bonds is 6. The first-order chi connectivity index (χ1) is 11.5. The van der Waals surface area contributed by atoms with Crippen LogP contribution in [-0.2, 0) is 4.74 Å². The Morgan fingerprint density at radius 2 is 2.17 bits per heavy atom. The highest BCUT2D eigenvalue weighted by Gasteiger charge is 2.33. The van der Waals surface area contributed by atoms with Gasteiger partial charge in [0.1, 0.15) is 0 Å². The second kappa shape index (κ2) is 9.39. The molecule has 138 valence electrons. The summed E-state index contributed by atoms with van der Waals surface area (Å²) in [6.45, 7) is 9.54. The number of carbonyl (C=O) groups is 1. The third kappa shape index (κ3) is 5.76. The van der Waals surface area contributed by atoms with Crippen molar-refractivity contribution in [2.45, 2.75) is 44.9 Å². The minimum Gasteiger partial charge on any atom is -0.450 e. The Kier molecular flexibility index (Phi) is 7.52. The molecule has 0 radical (unpaired) electrons. The number of nitrogens with zero attached hydrogens (tertiary/aromatic N) is 2. The van der Waals surface area contributed by atoms with E-state index in [0.29, 0.717) is 30.2 Å². The molecule has 1 heterocycles. The zero-order chi connectivity index (χ0) is 17.5. The molecule has 1 amide bonds. The van der Waals surface area contributed by atoms with Crippen LogP contribution in [0.5, 0.6) is 0 Å². The van der Waals surface area contributed by atoms with Crippen molar-refractivity contribution in [3.63, 3.8) is 0 Å². The van der Waals surface area contributed by atoms with Crippen LogP contribution in [0.3, 0.4) is 0 Å². The molecular weight excluding hydrogens is 324 g/mol. The van der Waals surface area contributed by atoms with Gasteiger partial charge in [0.15, 0.2) is 5.96 Å². The van der Waals surface area contributed by atoms with Crippen LogP contribution in [0, 0.1) is 11.8 Å². The maximum Gasteiger partial charge on any atom is 0.407 e. The number of alkyl carbamates (subject to hydrolysis) is 1. The first kappa shape index (κ1) is 19.2. The number of thioether (sulfide) groups is 1. The summed E-state index contributed by atoms with van der Waals surface area (Å²) in [6.07, 6.45) is 2.03. The minimum atomic E-state index is -0.319. The first-order valence-electron chi connectivity index (χ1n) is 9.05. The molecule has 1 saturated heterocycles. The quantitative estimate of drug-likeness (QED) is 0.564. The fraction of sp³-hybridized carbons (Fsp3) is 0.882. The van der Waals surface area contributed by atoms with Crippen LogP contribution in [0.15, 0.2) is 4.99 Å². The lowest BCUT2D eigenvalue weighted by molar-refractivity contribution is 0.146. The van der Waals surface area contributed by atoms with E-state index in [-0.39, 0.29) is 12.1 Å². The third-order valence-electron chi connectivity index (χ3n) is 4.60. The summed E-state index contributed by atoms with van der Waals surface area (Å²) < 4.78 is 5.02. The van der Waals surface area contributed by atoms with Crippen LogP contribution in [0.25, 0.3) is 0 Å². The lowest BCUT2D eigenvalue weighted by Gasteiger charge is -2.36. The molecule has 1 aliphatic heterocycles. The van der Waals surface area contributed by atoms with Crippen molar-refractivity contribution < 1.29 is 9.53 Å². The molecule has 7 heteroatoms. The van der Waals surface area contributed by atoms with Gasteiger partial charge in [-0.3, -0.25) is 4.99 Å². The van der Waals surface area contributed by atoms with Crippen molar-refractivity contribution in [2.75, 3.05) is 39.0 Å². The van der Waals surface area contributed by atoms with Gasteiger partial charge < -0.3 is 20.3 Å². The molecule has 2 rings (SSSR count). The zero-order valence-corrected chi connectivity index (χ0v) is 16.2. The molecule has 0 aromatic carbocycles. The van der Waals surface area contributed by atoms with Crippen molar-refractivity contribution in [3.05, 3.63) is 0 Å². The van der Waals surface area contributed by atoms with E-state index >= 15 is 0 Å². The van der Waals surface area contributed by atoms with Gasteiger partial charge in [-0.2, -0.15) is 11.8 Å². The number of ether oxygens (including phenoxy) is 1. The molecule has 1 aliphatic carbocycles. The Hall–Kier alpha value is -1.11. The van der Waals surface area contributed by atoms with Crippen LogP contribution in [0.1, 0.15) is 33.6 Å². The summed E-state index contributed by atoms with van der Waals surface area (Å²) in [7, 11) is 1.83. The SMILES string of the molecule is CCOC(=O)NC(CNC(=NC)N1CCSC(C(C)C)C1)C1CC1. The van der Waals surface area contributed by atoms with Crippen molar-refractivity contribution >= 4 is 23.8 Å². The summed E-state index contributed by atoms with van der Waals surface area (Å²) in [5.74, 6) is 3.30. The van der Waals surface area contributed by atoms with Gasteiger partial charge >= 0.3 is 6.09 Å². The largest absolute Gasteiger partial charge is 0.450 e. The monoisotopic (exact) mass is 356 g/mol. The summed E-state index contributed by atoms with van der Waals surface area (Å²) >= 11 is 2.06. The van der Waals surface area contributed by atoms with E-state index in [9.17, 15) is 4.79 Å². The van der Waals surface area contributed by atoms with E-state index in [4.69, 9.17) is 4.74 Å². The Morgan fingerprint density at radius 1 is 1.42 bits per heavy atom. The van der Waals surface area contributed by atoms with E-state index < -0.39 is 0 Å². The molecule has 1 saturated carbocycles. The molecule has 6 nitrogen and oxygen atoms in total. The lowest BCUT2D eigenvalue weighted by Crippen LogP contribution is -2.52. The van der Waals surface area contributed by atoms with Crippen molar-refractivity contribution in [3.8, 4) is 0 Å². The molecule has 24 heavy (non-hydrogen) atoms. The van der Waals surface area contributed by atoms with Gasteiger partial charge in [-0.05, 0) is 31.6 Å². The molecule has 0 bridgehead atoms. The van der Waals surface area contributed by atoms with Gasteiger partial charge in [0.25, 0.3) is 0 Å². The molecule has 0 aromatic rings. The number of guanidine groups is 1. The lowest BCUT2D eigenvalue weighted by atomic mass is 10.1. The van der Waals surface area contributed by atoms with E-state index in [1.54, 1.807) is 0 Å². The maximum atomic E-state index is 11.7. The Morgan fingerprint density at radius 3 is 2.75 bits per heavy atom. The Bertz CT molecular complexity index is 440. The fourth-order valence-corrected chi connectivity index (χ4v) is 4.26. The fourth-order valence-electron chi connectivity index (χ4n) is 2.96. The van der Waals surface area contributed by atoms with E-state index in [2.05, 4.69) is 46.1 Å². The number of carbonyl (C=O) groups excluding carboxylic acids is 1. The summed E-state index contributed by atoms with van der Waals surface area (Å²) in [6, 6.07) is 0.112. The normalized spacial score (nSPS) is 23.1. The number of amides is 1. The smallest absolute Gasteiger partial charge is 0.407 e. The minimum absolute atomic E-state index is 0.112. The number of nitrogens with one attached hydrogen (secondary N) is 2. The molecule has 2 N–H and O–H groups in total. The molecule has 2 fully saturated rings. The van der Waals surface area contributed by atoms with Crippen LogP contribution in [0.2, 0.25) is 0 Å². The van der Waals surface area contributed by atoms with Crippen LogP contribution >= 0.6 is 11.8 Å². The Balaban J connectivity index is 1.86. The van der Waals surface area contributed by atoms with E-state index in [1.165, 1.54) is 12.8 Å². The predicted octanol–water partition coefficient (Wildman–Crippen LogP) is 2.16. The van der Waals surface area contributed by atoms with Gasteiger partial charge in [-0.25, -0.2) is 4.79 Å². The topological polar surface area (TPSA) is 66.0 Å². The van der Waals surface area contributed by atoms with Gasteiger partial charge in [-0.1, -0.05) is 13.8 Å². The Labute approximate surface area is 150 Å². The average Bonchev–Trinajstić information content (AvgIpc) is 3.39. The standard InChI is InChI=1S/C17H32N4O2S/c1-5-23-17(22)20-14(13-6-7-13)10-19-16(18-4)21-8-9-24-15(11-21)12(2)3/h12-15H,5-11H2,1-4H3,(H,18,19)(H,20,22). The number of hydrogen-bond donors (Lipinski definition) is 2. The highest BCUT2D eigenvalue weighted by Crippen LogP contribution is 2.32. The molecule has 2 unspecified atom stereocenters. The molecule has 2 atom stereocenters. The highest BCUT2D eigenvalue weighted by molar-refractivity contribution is 8.00. The maximum absolute atomic E-state index is 11.7. The van der Waals surface area contributed by atoms with Gasteiger partial charge in [0.05, 0.1) is 12.6 Å². The molecule has 0 spiro atoms. The highest BCUT2D eigenvalue weighted by atomic mass is 32.2. The van der Waals surface area contributed by atoms with E-state index in [0.717, 1.165) is 24.8 Å². The summed E-state index contributed by atoms with van der Waals surface area (Å²) in [4.78, 5) is 18.5. The average molecular weight is 357 g/mol. The van der Waals surface area contributed by atoms with Crippen molar-refractivity contribution in [2.24, 2.45) is 16.8 Å². The molecule has 2 aliphatic rings.